The Balaban J connectivity index is 1.50. The molecular formula is C22H24N2O2S. The maximum absolute atomic E-state index is 12.4. The summed E-state index contributed by atoms with van der Waals surface area (Å²) in [5.74, 6) is 0.778. The largest absolute Gasteiger partial charge is 0.494 e. The number of anilines is 1. The van der Waals surface area contributed by atoms with E-state index in [-0.39, 0.29) is 5.91 Å². The highest BCUT2D eigenvalue weighted by atomic mass is 32.1. The van der Waals surface area contributed by atoms with Crippen molar-refractivity contribution in [3.05, 3.63) is 65.7 Å². The Morgan fingerprint density at radius 1 is 1.22 bits per heavy atom. The van der Waals surface area contributed by atoms with Crippen molar-refractivity contribution in [2.24, 2.45) is 0 Å². The molecule has 2 aromatic carbocycles. The Bertz CT molecular complexity index is 917. The van der Waals surface area contributed by atoms with E-state index in [0.717, 1.165) is 46.5 Å². The summed E-state index contributed by atoms with van der Waals surface area (Å²) in [5.41, 5.74) is 4.50. The summed E-state index contributed by atoms with van der Waals surface area (Å²) >= 11 is 1.57. The first-order chi connectivity index (χ1) is 13.2. The number of thiazole rings is 1. The number of nitrogens with one attached hydrogen (secondary N) is 1. The Hall–Kier alpha value is -2.66. The predicted octanol–water partition coefficient (Wildman–Crippen LogP) is 5.60. The van der Waals surface area contributed by atoms with Crippen LogP contribution in [0.15, 0.2) is 60.1 Å². The van der Waals surface area contributed by atoms with E-state index < -0.39 is 0 Å². The van der Waals surface area contributed by atoms with Gasteiger partial charge in [-0.3, -0.25) is 4.79 Å². The lowest BCUT2D eigenvalue weighted by molar-refractivity contribution is -0.115. The fraction of sp³-hybridized carbons (Fsp3) is 0.273. The van der Waals surface area contributed by atoms with E-state index in [4.69, 9.17) is 4.74 Å². The smallest absolute Gasteiger partial charge is 0.228 e. The van der Waals surface area contributed by atoms with Gasteiger partial charge in [-0.25, -0.2) is 4.98 Å². The number of unbranched alkanes of at least 4 members (excludes halogenated alkanes) is 2. The van der Waals surface area contributed by atoms with Gasteiger partial charge in [-0.1, -0.05) is 24.3 Å². The molecule has 0 atom stereocenters. The minimum atomic E-state index is -0.0395. The van der Waals surface area contributed by atoms with Crippen LogP contribution in [-0.2, 0) is 11.2 Å². The van der Waals surface area contributed by atoms with Crippen LogP contribution in [0.5, 0.6) is 5.75 Å². The van der Waals surface area contributed by atoms with Gasteiger partial charge in [-0.15, -0.1) is 11.3 Å². The lowest BCUT2D eigenvalue weighted by atomic mass is 10.1. The van der Waals surface area contributed by atoms with E-state index in [9.17, 15) is 4.79 Å². The van der Waals surface area contributed by atoms with Gasteiger partial charge in [-0.2, -0.15) is 0 Å². The number of hydrogen-bond donors (Lipinski definition) is 1. The van der Waals surface area contributed by atoms with Crippen LogP contribution in [0, 0.1) is 0 Å². The summed E-state index contributed by atoms with van der Waals surface area (Å²) < 4.78 is 6.87. The normalized spacial score (nSPS) is 11.1. The minimum absolute atomic E-state index is 0.0395. The van der Waals surface area contributed by atoms with Crippen LogP contribution in [0.2, 0.25) is 0 Å². The van der Waals surface area contributed by atoms with Gasteiger partial charge in [0.1, 0.15) is 5.75 Å². The second-order valence-corrected chi connectivity index (χ2v) is 7.21. The van der Waals surface area contributed by atoms with Crippen molar-refractivity contribution >= 4 is 33.1 Å². The Labute approximate surface area is 163 Å². The first-order valence-corrected chi connectivity index (χ1v) is 10.1. The summed E-state index contributed by atoms with van der Waals surface area (Å²) in [5, 5.41) is 2.96. The summed E-state index contributed by atoms with van der Waals surface area (Å²) in [7, 11) is 0. The average molecular weight is 381 g/mol. The summed E-state index contributed by atoms with van der Waals surface area (Å²) in [6.45, 7) is 2.73. The molecule has 0 unspecified atom stereocenters. The first-order valence-electron chi connectivity index (χ1n) is 9.20. The van der Waals surface area contributed by atoms with E-state index in [1.54, 1.807) is 11.3 Å². The summed E-state index contributed by atoms with van der Waals surface area (Å²) in [4.78, 5) is 16.6. The number of fused-ring (bicyclic) bond motifs is 1. The molecule has 0 bridgehead atoms. The van der Waals surface area contributed by atoms with E-state index >= 15 is 0 Å². The molecule has 1 heterocycles. The minimum Gasteiger partial charge on any atom is -0.494 e. The zero-order valence-corrected chi connectivity index (χ0v) is 16.3. The van der Waals surface area contributed by atoms with Gasteiger partial charge in [-0.05, 0) is 62.1 Å². The molecule has 0 aliphatic heterocycles. The molecule has 1 aromatic heterocycles. The molecule has 1 amide bonds. The van der Waals surface area contributed by atoms with Crippen molar-refractivity contribution in [1.82, 2.24) is 4.98 Å². The number of nitrogens with zero attached hydrogens (tertiary/aromatic N) is 1. The van der Waals surface area contributed by atoms with Gasteiger partial charge >= 0.3 is 0 Å². The average Bonchev–Trinajstić information content (AvgIpc) is 3.12. The quantitative estimate of drug-likeness (QED) is 0.388. The van der Waals surface area contributed by atoms with Crippen molar-refractivity contribution < 1.29 is 9.53 Å². The number of benzene rings is 2. The van der Waals surface area contributed by atoms with Crippen LogP contribution in [0.3, 0.4) is 0 Å². The monoisotopic (exact) mass is 380 g/mol. The molecule has 0 aliphatic carbocycles. The molecule has 3 rings (SSSR count). The first kappa shape index (κ1) is 19.1. The molecule has 0 aliphatic rings. The number of aromatic nitrogens is 1. The molecule has 4 nitrogen and oxygen atoms in total. The van der Waals surface area contributed by atoms with Crippen molar-refractivity contribution in [1.29, 1.82) is 0 Å². The van der Waals surface area contributed by atoms with Gasteiger partial charge < -0.3 is 10.1 Å². The number of ether oxygens (including phenoxy) is 1. The van der Waals surface area contributed by atoms with E-state index in [0.29, 0.717) is 13.0 Å². The molecule has 0 radical (unpaired) electrons. The number of amides is 1. The Morgan fingerprint density at radius 2 is 2.15 bits per heavy atom. The lowest BCUT2D eigenvalue weighted by Gasteiger charge is -2.09. The molecule has 3 aromatic rings. The Morgan fingerprint density at radius 3 is 3.04 bits per heavy atom. The van der Waals surface area contributed by atoms with Crippen LogP contribution in [-0.4, -0.2) is 17.5 Å². The van der Waals surface area contributed by atoms with Gasteiger partial charge in [0.2, 0.25) is 5.91 Å². The maximum Gasteiger partial charge on any atom is 0.228 e. The molecule has 0 saturated carbocycles. The third-order valence-corrected chi connectivity index (χ3v) is 4.94. The van der Waals surface area contributed by atoms with Crippen molar-refractivity contribution in [3.63, 3.8) is 0 Å². The van der Waals surface area contributed by atoms with Crippen molar-refractivity contribution in [2.45, 2.75) is 32.6 Å². The topological polar surface area (TPSA) is 51.2 Å². The molecule has 0 spiro atoms. The van der Waals surface area contributed by atoms with Crippen molar-refractivity contribution in [2.75, 3.05) is 11.9 Å². The van der Waals surface area contributed by atoms with Crippen molar-refractivity contribution in [3.8, 4) is 5.75 Å². The third-order valence-electron chi connectivity index (χ3n) is 4.15. The highest BCUT2D eigenvalue weighted by Gasteiger charge is 2.07. The van der Waals surface area contributed by atoms with Gasteiger partial charge in [0, 0.05) is 5.69 Å². The fourth-order valence-electron chi connectivity index (χ4n) is 2.79. The SMILES string of the molecule is C/C=C/CCCCOc1cccc(CC(=O)Nc2ccc3ncsc3c2)c1. The molecule has 140 valence electrons. The second kappa shape index (κ2) is 9.88. The van der Waals surface area contributed by atoms with Gasteiger partial charge in [0.15, 0.2) is 0 Å². The van der Waals surface area contributed by atoms with Gasteiger partial charge in [0.05, 0.1) is 28.8 Å². The molecular weight excluding hydrogens is 356 g/mol. The summed E-state index contributed by atoms with van der Waals surface area (Å²) in [6.07, 6.45) is 7.80. The van der Waals surface area contributed by atoms with Crippen LogP contribution < -0.4 is 10.1 Å². The standard InChI is InChI=1S/C22H24N2O2S/c1-2-3-4-5-6-12-26-19-9-7-8-17(13-19)14-22(25)24-18-10-11-20-21(15-18)27-16-23-20/h2-3,7-11,13,15-16H,4-6,12,14H2,1H3,(H,24,25)/b3-2+. The van der Waals surface area contributed by atoms with Gasteiger partial charge in [0.25, 0.3) is 0 Å². The zero-order chi connectivity index (χ0) is 18.9. The molecule has 0 saturated heterocycles. The van der Waals surface area contributed by atoms with Crippen LogP contribution in [0.4, 0.5) is 5.69 Å². The van der Waals surface area contributed by atoms with E-state index in [1.165, 1.54) is 0 Å². The van der Waals surface area contributed by atoms with E-state index in [2.05, 4.69) is 22.5 Å². The molecule has 0 fully saturated rings. The Kier molecular flexibility index (Phi) is 6.99. The fourth-order valence-corrected chi connectivity index (χ4v) is 3.51. The number of carbonyl (C=O) groups is 1. The third kappa shape index (κ3) is 5.93. The number of hydrogen-bond acceptors (Lipinski definition) is 4. The molecule has 5 heteroatoms. The summed E-state index contributed by atoms with van der Waals surface area (Å²) in [6, 6.07) is 13.5. The highest BCUT2D eigenvalue weighted by Crippen LogP contribution is 2.22. The lowest BCUT2D eigenvalue weighted by Crippen LogP contribution is -2.14. The maximum atomic E-state index is 12.4. The predicted molar refractivity (Wildman–Crippen MR) is 113 cm³/mol. The second-order valence-electron chi connectivity index (χ2n) is 6.32. The number of allylic oxidation sites excluding steroid dienone is 2. The van der Waals surface area contributed by atoms with Crippen LogP contribution >= 0.6 is 11.3 Å². The van der Waals surface area contributed by atoms with E-state index in [1.807, 2.05) is 54.9 Å². The van der Waals surface area contributed by atoms with Crippen LogP contribution in [0.1, 0.15) is 31.7 Å². The molecule has 1 N–H and O–H groups in total. The zero-order valence-electron chi connectivity index (χ0n) is 15.5. The number of carbonyl (C=O) groups excluding carboxylic acids is 1. The highest BCUT2D eigenvalue weighted by molar-refractivity contribution is 7.16. The molecule has 27 heavy (non-hydrogen) atoms. The number of rotatable bonds is 9. The van der Waals surface area contributed by atoms with Crippen LogP contribution in [0.25, 0.3) is 10.2 Å².